The molecule has 2 aromatic rings. The van der Waals surface area contributed by atoms with Gasteiger partial charge in [-0.25, -0.2) is 0 Å². The Labute approximate surface area is 116 Å². The molecule has 0 spiro atoms. The summed E-state index contributed by atoms with van der Waals surface area (Å²) in [5.41, 5.74) is -0.310. The molecule has 98 valence electrons. The molecule has 0 aliphatic heterocycles. The van der Waals surface area contributed by atoms with Crippen LogP contribution >= 0.6 is 0 Å². The van der Waals surface area contributed by atoms with E-state index >= 15 is 0 Å². The molecular weight excluding hydrogens is 337 g/mol. The third-order valence-electron chi connectivity index (χ3n) is 2.52. The van der Waals surface area contributed by atoms with E-state index in [-0.39, 0.29) is 16.8 Å². The van der Waals surface area contributed by atoms with E-state index < -0.39 is 19.9 Å². The molecule has 0 aliphatic carbocycles. The topological polar surface area (TPSA) is 118 Å². The van der Waals surface area contributed by atoms with Gasteiger partial charge in [0.2, 0.25) is 0 Å². The zero-order valence-corrected chi connectivity index (χ0v) is 11.8. The van der Waals surface area contributed by atoms with Crippen LogP contribution in [0.25, 0.3) is 10.8 Å². The molecule has 0 amide bonds. The van der Waals surface area contributed by atoms with Crippen molar-refractivity contribution >= 4 is 47.8 Å². The van der Waals surface area contributed by atoms with Crippen molar-refractivity contribution in [1.82, 2.24) is 0 Å². The number of hydrogen-bond acceptors (Lipinski definition) is 5. The Morgan fingerprint density at radius 2 is 1.84 bits per heavy atom. The Morgan fingerprint density at radius 3 is 2.37 bits per heavy atom. The first-order valence-corrected chi connectivity index (χ1v) is 7.20. The van der Waals surface area contributed by atoms with Crippen LogP contribution in [-0.4, -0.2) is 39.9 Å². The molecule has 2 radical (unpaired) electrons. The molecule has 0 aliphatic rings. The van der Waals surface area contributed by atoms with Crippen molar-refractivity contribution in [2.45, 2.75) is 4.90 Å². The van der Waals surface area contributed by atoms with E-state index in [4.69, 9.17) is 4.55 Å². The van der Waals surface area contributed by atoms with Crippen LogP contribution in [0.3, 0.4) is 0 Å². The van der Waals surface area contributed by atoms with Gasteiger partial charge in [0.15, 0.2) is 0 Å². The molecule has 19 heavy (non-hydrogen) atoms. The average molecular weight is 343 g/mol. The molecule has 2 N–H and O–H groups in total. The number of non-ortho nitro benzene ring substituents is 1. The van der Waals surface area contributed by atoms with Crippen molar-refractivity contribution in [2.24, 2.45) is 0 Å². The maximum absolute atomic E-state index is 11.3. The van der Waals surface area contributed by atoms with Gasteiger partial charge in [-0.2, -0.15) is 0 Å². The number of phenolic OH excluding ortho intramolecular Hbond substituents is 1. The first-order valence-electron chi connectivity index (χ1n) is 4.82. The van der Waals surface area contributed by atoms with Gasteiger partial charge in [0.25, 0.3) is 0 Å². The number of hydrogen-bond donors (Lipinski definition) is 2. The number of aromatic hydroxyl groups is 1. The minimum atomic E-state index is -4.60. The van der Waals surface area contributed by atoms with Gasteiger partial charge >= 0.3 is 116 Å². The second kappa shape index (κ2) is 4.48. The molecule has 0 saturated heterocycles. The molecule has 2 rings (SSSR count). The zero-order chi connectivity index (χ0) is 14.4. The summed E-state index contributed by atoms with van der Waals surface area (Å²) in [4.78, 5) is 9.45. The van der Waals surface area contributed by atoms with Gasteiger partial charge in [-0.05, 0) is 0 Å². The van der Waals surface area contributed by atoms with Crippen LogP contribution in [0.15, 0.2) is 29.2 Å². The Morgan fingerprint density at radius 1 is 1.21 bits per heavy atom. The van der Waals surface area contributed by atoms with Gasteiger partial charge in [-0.15, -0.1) is 0 Å². The van der Waals surface area contributed by atoms with E-state index in [1.165, 1.54) is 12.1 Å². The standard InChI is InChI=1S/C10H6AsNO6S/c11-10-6-2-1-5(12(14)15)3-7(6)9(4-8(10)13)19(16,17)18/h1-4,13H,(H,16,17,18). The fourth-order valence-corrected chi connectivity index (χ4v) is 2.93. The maximum atomic E-state index is 11.3. The Bertz CT molecular complexity index is 801. The van der Waals surface area contributed by atoms with Gasteiger partial charge in [-0.1, -0.05) is 0 Å². The zero-order valence-electron chi connectivity index (χ0n) is 9.14. The van der Waals surface area contributed by atoms with Gasteiger partial charge in [0.05, 0.1) is 0 Å². The number of nitro groups is 1. The molecular formula is C10H6AsNO6S. The van der Waals surface area contributed by atoms with Gasteiger partial charge in [0.1, 0.15) is 0 Å². The van der Waals surface area contributed by atoms with Crippen LogP contribution in [0, 0.1) is 10.1 Å². The van der Waals surface area contributed by atoms with Crippen LogP contribution in [0.5, 0.6) is 5.75 Å². The third-order valence-corrected chi connectivity index (χ3v) is 4.40. The van der Waals surface area contributed by atoms with Crippen molar-refractivity contribution in [2.75, 3.05) is 0 Å². The summed E-state index contributed by atoms with van der Waals surface area (Å²) in [5.74, 6) is -0.339. The van der Waals surface area contributed by atoms with Gasteiger partial charge < -0.3 is 0 Å². The molecule has 0 aromatic heterocycles. The summed E-state index contributed by atoms with van der Waals surface area (Å²) in [6.07, 6.45) is 0. The number of nitrogens with zero attached hydrogens (tertiary/aromatic N) is 1. The average Bonchev–Trinajstić information content (AvgIpc) is 2.31. The van der Waals surface area contributed by atoms with Crippen molar-refractivity contribution in [3.8, 4) is 5.75 Å². The predicted molar refractivity (Wildman–Crippen MR) is 67.5 cm³/mol. The Hall–Kier alpha value is -1.63. The van der Waals surface area contributed by atoms with Crippen molar-refractivity contribution in [3.05, 3.63) is 34.4 Å². The molecule has 0 unspecified atom stereocenters. The molecule has 0 atom stereocenters. The summed E-state index contributed by atoms with van der Waals surface area (Å²) in [6, 6.07) is 4.39. The first-order chi connectivity index (χ1) is 8.71. The quantitative estimate of drug-likeness (QED) is 0.355. The van der Waals surface area contributed by atoms with E-state index in [2.05, 4.69) is 0 Å². The number of nitro benzene ring substituents is 1. The van der Waals surface area contributed by atoms with Crippen LogP contribution in [0.2, 0.25) is 0 Å². The van der Waals surface area contributed by atoms with Crippen LogP contribution in [0.4, 0.5) is 5.69 Å². The Kier molecular flexibility index (Phi) is 3.25. The van der Waals surface area contributed by atoms with Crippen molar-refractivity contribution in [3.63, 3.8) is 0 Å². The van der Waals surface area contributed by atoms with Crippen molar-refractivity contribution < 1.29 is 23.0 Å². The number of benzene rings is 2. The van der Waals surface area contributed by atoms with Crippen molar-refractivity contribution in [1.29, 1.82) is 0 Å². The molecule has 0 bridgehead atoms. The second-order valence-electron chi connectivity index (χ2n) is 3.70. The number of fused-ring (bicyclic) bond motifs is 1. The molecule has 7 nitrogen and oxygen atoms in total. The number of phenols is 1. The van der Waals surface area contributed by atoms with Crippen LogP contribution < -0.4 is 4.35 Å². The van der Waals surface area contributed by atoms with Crippen LogP contribution in [-0.2, 0) is 10.1 Å². The summed E-state index contributed by atoms with van der Waals surface area (Å²) in [6.45, 7) is 0. The summed E-state index contributed by atoms with van der Waals surface area (Å²) in [5, 5.41) is 20.6. The van der Waals surface area contributed by atoms with E-state index in [1.807, 2.05) is 16.9 Å². The minimum absolute atomic E-state index is 0.0230. The SMILES string of the molecule is O=[N+]([O-])c1ccc2c([As])c(O)cc(S(=O)(=O)O)c2c1. The van der Waals surface area contributed by atoms with E-state index in [9.17, 15) is 23.6 Å². The molecule has 0 saturated carbocycles. The normalized spacial score (nSPS) is 11.7. The Balaban J connectivity index is 2.99. The van der Waals surface area contributed by atoms with E-state index in [0.29, 0.717) is 9.74 Å². The van der Waals surface area contributed by atoms with Gasteiger partial charge in [0, 0.05) is 0 Å². The molecule has 0 heterocycles. The van der Waals surface area contributed by atoms with E-state index in [1.54, 1.807) is 0 Å². The molecule has 9 heteroatoms. The third kappa shape index (κ3) is 2.42. The van der Waals surface area contributed by atoms with Crippen LogP contribution in [0.1, 0.15) is 0 Å². The monoisotopic (exact) mass is 343 g/mol. The predicted octanol–water partition coefficient (Wildman–Crippen LogP) is 0.494. The summed E-state index contributed by atoms with van der Waals surface area (Å²) in [7, 11) is -4.60. The molecule has 2 aromatic carbocycles. The fourth-order valence-electron chi connectivity index (χ4n) is 1.68. The van der Waals surface area contributed by atoms with E-state index in [0.717, 1.165) is 12.1 Å². The molecule has 0 fully saturated rings. The van der Waals surface area contributed by atoms with Gasteiger partial charge in [-0.3, -0.25) is 0 Å². The summed E-state index contributed by atoms with van der Waals surface area (Å²) < 4.78 is 32.0. The second-order valence-corrected chi connectivity index (χ2v) is 6.03. The first kappa shape index (κ1) is 13.8. The summed E-state index contributed by atoms with van der Waals surface area (Å²) >= 11 is 2.04. The fraction of sp³-hybridized carbons (Fsp3) is 0. The number of rotatable bonds is 2.